The van der Waals surface area contributed by atoms with E-state index in [0.717, 1.165) is 0 Å². The lowest BCUT2D eigenvalue weighted by atomic mass is 10.1. The quantitative estimate of drug-likeness (QED) is 0.0598. The Morgan fingerprint density at radius 3 is 0.500 bits per heavy atom. The maximum Gasteiger partial charge on any atom is 0.381 e. The Morgan fingerprint density at radius 2 is 0.372 bits per heavy atom. The van der Waals surface area contributed by atoms with Gasteiger partial charge in [-0.25, -0.2) is 35.1 Å². The fraction of sp³-hybridized carbons (Fsp3) is 0.647. The van der Waals surface area contributed by atoms with Gasteiger partial charge in [-0.1, -0.05) is 69.6 Å². The van der Waals surface area contributed by atoms with Crippen LogP contribution < -0.4 is 28.4 Å². The van der Waals surface area contributed by atoms with E-state index in [0.29, 0.717) is 0 Å². The van der Waals surface area contributed by atoms with Gasteiger partial charge in [0.1, 0.15) is 43.3 Å². The van der Waals surface area contributed by atoms with Crippen LogP contribution >= 0.6 is 69.6 Å². The first-order valence-electron chi connectivity index (χ1n) is 18.4. The third-order valence-corrected chi connectivity index (χ3v) is 11.2. The zero-order valence-electron chi connectivity index (χ0n) is 35.4. The SMILES string of the molecule is FC(F)C(F)(F)C(F)(F)C(F)(F)COc1c(Cl)c(OCCOc2c(Cl)c(OCC(F)(F)C(F)(F)C(F)(F)C(F)F)c(Cl)c(OCC(F)(F)C(F)(F)C(F)(F)C(F)F)c2Cl)c(Cl)c(OCC(F)(F)C(F)(F)C(F)(F)C(F)F)c1Cl. The molecule has 0 amide bonds. The summed E-state index contributed by atoms with van der Waals surface area (Å²) in [4.78, 5) is 0. The maximum atomic E-state index is 14.4. The molecule has 78 heavy (non-hydrogen) atoms. The number of alkyl halides is 32. The van der Waals surface area contributed by atoms with Gasteiger partial charge in [0, 0.05) is 0 Å². The molecule has 0 spiro atoms. The molecule has 0 unspecified atom stereocenters. The van der Waals surface area contributed by atoms with Gasteiger partial charge in [0.25, 0.3) is 0 Å². The molecule has 0 aliphatic rings. The Balaban J connectivity index is 2.85. The van der Waals surface area contributed by atoms with E-state index >= 15 is 0 Å². The van der Waals surface area contributed by atoms with Crippen molar-refractivity contribution >= 4 is 69.6 Å². The Morgan fingerprint density at radius 1 is 0.244 bits per heavy atom. The van der Waals surface area contributed by atoms with Crippen molar-refractivity contribution in [1.29, 1.82) is 0 Å². The summed E-state index contributed by atoms with van der Waals surface area (Å²) in [6.07, 6.45) is -22.4. The molecule has 0 bridgehead atoms. The molecule has 454 valence electrons. The van der Waals surface area contributed by atoms with E-state index in [2.05, 4.69) is 18.9 Å². The zero-order chi connectivity index (χ0) is 61.7. The molecular formula is C34H16Cl6F32O6. The standard InChI is InChI=1S/C34H16Cl6F32O6/c35-7-13(8(36)16(76-4-24(51,52)32(67,68)28(59,60)20(43)44)11(39)15(7)75-3-23(49,50)31(65,66)27(57,58)19(41)42)73-1-2-74-14-9(37)17(77-5-25(53,54)33(69,70)29(61,62)21(45)46)12(40)18(10(14)38)78-6-26(55,56)34(71,72)30(63,64)22(47)48/h19-22H,1-6H2. The first-order chi connectivity index (χ1) is 34.6. The zero-order valence-corrected chi connectivity index (χ0v) is 39.9. The fourth-order valence-electron chi connectivity index (χ4n) is 4.78. The molecule has 0 fully saturated rings. The Labute approximate surface area is 438 Å². The maximum absolute atomic E-state index is 14.4. The first kappa shape index (κ1) is 70.8. The smallest absolute Gasteiger partial charge is 0.381 e. The van der Waals surface area contributed by atoms with Gasteiger partial charge >= 0.3 is 96.8 Å². The van der Waals surface area contributed by atoms with Crippen molar-refractivity contribution in [2.75, 3.05) is 39.6 Å². The van der Waals surface area contributed by atoms with Crippen LogP contribution in [0.1, 0.15) is 0 Å². The lowest BCUT2D eigenvalue weighted by Crippen LogP contribution is -2.59. The lowest BCUT2D eigenvalue weighted by molar-refractivity contribution is -0.342. The molecule has 0 aromatic heterocycles. The average Bonchev–Trinajstić information content (AvgIpc) is 3.28. The second-order valence-electron chi connectivity index (χ2n) is 14.5. The number of rotatable bonds is 29. The van der Waals surface area contributed by atoms with Crippen molar-refractivity contribution in [2.24, 2.45) is 0 Å². The minimum Gasteiger partial charge on any atom is -0.487 e. The van der Waals surface area contributed by atoms with Gasteiger partial charge in [-0.15, -0.1) is 0 Å². The summed E-state index contributed by atoms with van der Waals surface area (Å²) in [6, 6.07) is 0. The molecule has 0 saturated heterocycles. The summed E-state index contributed by atoms with van der Waals surface area (Å²) in [7, 11) is 0. The van der Waals surface area contributed by atoms with Crippen LogP contribution in [0.5, 0.6) is 34.5 Å². The van der Waals surface area contributed by atoms with Gasteiger partial charge in [-0.3, -0.25) is 0 Å². The molecule has 2 aromatic rings. The number of ether oxygens (including phenoxy) is 6. The summed E-state index contributed by atoms with van der Waals surface area (Å²) in [5.74, 6) is -95.0. The van der Waals surface area contributed by atoms with Crippen molar-refractivity contribution in [2.45, 2.75) is 96.8 Å². The van der Waals surface area contributed by atoms with E-state index in [9.17, 15) is 140 Å². The second-order valence-corrected chi connectivity index (χ2v) is 16.8. The minimum atomic E-state index is -7.18. The molecule has 6 nitrogen and oxygen atoms in total. The molecule has 0 saturated carbocycles. The van der Waals surface area contributed by atoms with Crippen molar-refractivity contribution in [3.8, 4) is 34.5 Å². The molecule has 0 heterocycles. The predicted molar refractivity (Wildman–Crippen MR) is 199 cm³/mol. The van der Waals surface area contributed by atoms with Crippen molar-refractivity contribution in [3.63, 3.8) is 0 Å². The van der Waals surface area contributed by atoms with E-state index < -0.39 is 201 Å². The van der Waals surface area contributed by atoms with E-state index in [1.165, 1.54) is 0 Å². The van der Waals surface area contributed by atoms with Gasteiger partial charge in [-0.05, 0) is 0 Å². The molecule has 2 aromatic carbocycles. The summed E-state index contributed by atoms with van der Waals surface area (Å²) in [5.41, 5.74) is 0. The largest absolute Gasteiger partial charge is 0.487 e. The highest BCUT2D eigenvalue weighted by atomic mass is 35.5. The highest BCUT2D eigenvalue weighted by Crippen LogP contribution is 2.58. The van der Waals surface area contributed by atoms with Crippen LogP contribution in [0.2, 0.25) is 30.1 Å². The van der Waals surface area contributed by atoms with E-state index in [4.69, 9.17) is 79.1 Å². The summed E-state index contributed by atoms with van der Waals surface area (Å²) in [5, 5.41) is -11.3. The van der Waals surface area contributed by atoms with Gasteiger partial charge in [0.15, 0.2) is 60.9 Å². The predicted octanol–water partition coefficient (Wildman–Crippen LogP) is 17.3. The van der Waals surface area contributed by atoms with Crippen molar-refractivity contribution in [3.05, 3.63) is 30.1 Å². The Kier molecular flexibility index (Phi) is 21.4. The van der Waals surface area contributed by atoms with Crippen LogP contribution in [0.15, 0.2) is 0 Å². The van der Waals surface area contributed by atoms with Gasteiger partial charge < -0.3 is 28.4 Å². The van der Waals surface area contributed by atoms with Crippen LogP contribution in [-0.2, 0) is 0 Å². The third-order valence-electron chi connectivity index (χ3n) is 9.17. The summed E-state index contributed by atoms with van der Waals surface area (Å²) >= 11 is 34.3. The van der Waals surface area contributed by atoms with Crippen molar-refractivity contribution in [1.82, 2.24) is 0 Å². The third kappa shape index (κ3) is 12.7. The van der Waals surface area contributed by atoms with Crippen LogP contribution in [0, 0.1) is 0 Å². The Bertz CT molecular complexity index is 2110. The number of benzene rings is 2. The van der Waals surface area contributed by atoms with E-state index in [1.807, 2.05) is 0 Å². The normalized spacial score (nSPS) is 14.5. The topological polar surface area (TPSA) is 55.4 Å². The number of hydrogen-bond acceptors (Lipinski definition) is 6. The highest BCUT2D eigenvalue weighted by molar-refractivity contribution is 6.44. The summed E-state index contributed by atoms with van der Waals surface area (Å²) in [6.45, 7) is -16.9. The van der Waals surface area contributed by atoms with Crippen LogP contribution in [-0.4, -0.2) is 136 Å². The summed E-state index contributed by atoms with van der Waals surface area (Å²) < 4.78 is 462. The van der Waals surface area contributed by atoms with E-state index in [-0.39, 0.29) is 0 Å². The van der Waals surface area contributed by atoms with Gasteiger partial charge in [-0.2, -0.15) is 105 Å². The van der Waals surface area contributed by atoms with Crippen molar-refractivity contribution < 1.29 is 169 Å². The molecule has 2 rings (SSSR count). The van der Waals surface area contributed by atoms with Crippen LogP contribution in [0.4, 0.5) is 140 Å². The van der Waals surface area contributed by atoms with Gasteiger partial charge in [0.05, 0.1) is 0 Å². The lowest BCUT2D eigenvalue weighted by Gasteiger charge is -2.33. The molecular weight excluding hydrogens is 1330 g/mol. The molecule has 0 N–H and O–H groups in total. The van der Waals surface area contributed by atoms with E-state index in [1.54, 1.807) is 0 Å². The molecule has 0 atom stereocenters. The molecule has 44 heteroatoms. The monoisotopic (exact) mass is 1340 g/mol. The molecule has 0 aliphatic carbocycles. The molecule has 0 radical (unpaired) electrons. The Hall–Kier alpha value is -3.26. The van der Waals surface area contributed by atoms with Crippen LogP contribution in [0.25, 0.3) is 0 Å². The minimum absolute atomic E-state index is 1.70. The average molecular weight is 1340 g/mol. The number of hydrogen-bond donors (Lipinski definition) is 0. The van der Waals surface area contributed by atoms with Crippen LogP contribution in [0.3, 0.4) is 0 Å². The first-order valence-corrected chi connectivity index (χ1v) is 20.7. The van der Waals surface area contributed by atoms with Gasteiger partial charge in [0.2, 0.25) is 0 Å². The fourth-order valence-corrected chi connectivity index (χ4v) is 6.86. The second kappa shape index (κ2) is 23.5. The number of halogens is 38. The molecule has 0 aliphatic heterocycles. The highest BCUT2D eigenvalue weighted by Gasteiger charge is 2.79.